The molecule has 0 saturated carbocycles. The molecule has 0 amide bonds. The zero-order valence-corrected chi connectivity index (χ0v) is 7.72. The average Bonchev–Trinajstić information content (AvgIpc) is 2.17. The SMILES string of the molecule is OCc1ccc(Cl)c(OCCF)c1. The molecule has 0 aromatic heterocycles. The molecule has 0 aliphatic heterocycles. The number of alkyl halides is 1. The van der Waals surface area contributed by atoms with Crippen LogP contribution < -0.4 is 4.74 Å². The van der Waals surface area contributed by atoms with E-state index in [1.807, 2.05) is 0 Å². The van der Waals surface area contributed by atoms with Gasteiger partial charge in [-0.15, -0.1) is 0 Å². The van der Waals surface area contributed by atoms with Gasteiger partial charge in [0.25, 0.3) is 0 Å². The van der Waals surface area contributed by atoms with Gasteiger partial charge in [-0.05, 0) is 17.7 Å². The van der Waals surface area contributed by atoms with E-state index in [1.165, 1.54) is 0 Å². The standard InChI is InChI=1S/C9H10ClFO2/c10-8-2-1-7(6-12)5-9(8)13-4-3-11/h1-2,5,12H,3-4,6H2. The fraction of sp³-hybridized carbons (Fsp3) is 0.333. The average molecular weight is 205 g/mol. The Morgan fingerprint density at radius 3 is 2.85 bits per heavy atom. The number of aliphatic hydroxyl groups is 1. The van der Waals surface area contributed by atoms with Gasteiger partial charge in [0.1, 0.15) is 19.0 Å². The molecule has 0 spiro atoms. The van der Waals surface area contributed by atoms with Crippen molar-refractivity contribution >= 4 is 11.6 Å². The van der Waals surface area contributed by atoms with Gasteiger partial charge in [-0.3, -0.25) is 0 Å². The van der Waals surface area contributed by atoms with E-state index in [4.69, 9.17) is 21.4 Å². The van der Waals surface area contributed by atoms with Gasteiger partial charge in [-0.1, -0.05) is 17.7 Å². The fourth-order valence-corrected chi connectivity index (χ4v) is 1.08. The number of hydrogen-bond donors (Lipinski definition) is 1. The largest absolute Gasteiger partial charge is 0.489 e. The van der Waals surface area contributed by atoms with Crippen molar-refractivity contribution in [2.45, 2.75) is 6.61 Å². The van der Waals surface area contributed by atoms with Crippen LogP contribution in [0.25, 0.3) is 0 Å². The van der Waals surface area contributed by atoms with Crippen LogP contribution in [0.4, 0.5) is 4.39 Å². The smallest absolute Gasteiger partial charge is 0.138 e. The van der Waals surface area contributed by atoms with Crippen molar-refractivity contribution < 1.29 is 14.2 Å². The first kappa shape index (κ1) is 10.3. The van der Waals surface area contributed by atoms with E-state index in [-0.39, 0.29) is 13.2 Å². The molecule has 1 aromatic carbocycles. The number of ether oxygens (including phenoxy) is 1. The molecular weight excluding hydrogens is 195 g/mol. The molecule has 0 heterocycles. The molecule has 0 aliphatic carbocycles. The van der Waals surface area contributed by atoms with Crippen LogP contribution in [0.3, 0.4) is 0 Å². The highest BCUT2D eigenvalue weighted by Gasteiger charge is 2.02. The van der Waals surface area contributed by atoms with Gasteiger partial charge in [0.05, 0.1) is 11.6 Å². The summed E-state index contributed by atoms with van der Waals surface area (Å²) in [6, 6.07) is 4.89. The molecule has 2 nitrogen and oxygen atoms in total. The van der Waals surface area contributed by atoms with Gasteiger partial charge >= 0.3 is 0 Å². The first-order chi connectivity index (χ1) is 6.27. The molecule has 0 radical (unpaired) electrons. The number of hydrogen-bond acceptors (Lipinski definition) is 2. The van der Waals surface area contributed by atoms with E-state index in [0.717, 1.165) is 0 Å². The number of benzene rings is 1. The predicted molar refractivity (Wildman–Crippen MR) is 48.8 cm³/mol. The Hall–Kier alpha value is -0.800. The lowest BCUT2D eigenvalue weighted by Crippen LogP contribution is -1.99. The van der Waals surface area contributed by atoms with Crippen LogP contribution >= 0.6 is 11.6 Å². The first-order valence-electron chi connectivity index (χ1n) is 3.86. The minimum absolute atomic E-state index is 0.0192. The van der Waals surface area contributed by atoms with Crippen LogP contribution in [-0.4, -0.2) is 18.4 Å². The zero-order chi connectivity index (χ0) is 9.68. The van der Waals surface area contributed by atoms with E-state index in [1.54, 1.807) is 18.2 Å². The molecule has 0 unspecified atom stereocenters. The monoisotopic (exact) mass is 204 g/mol. The van der Waals surface area contributed by atoms with Crippen molar-refractivity contribution in [2.24, 2.45) is 0 Å². The lowest BCUT2D eigenvalue weighted by molar-refractivity contribution is 0.267. The number of aliphatic hydroxyl groups excluding tert-OH is 1. The van der Waals surface area contributed by atoms with Crippen molar-refractivity contribution in [3.8, 4) is 5.75 Å². The quantitative estimate of drug-likeness (QED) is 0.815. The van der Waals surface area contributed by atoms with Crippen molar-refractivity contribution in [1.82, 2.24) is 0 Å². The summed E-state index contributed by atoms with van der Waals surface area (Å²) in [4.78, 5) is 0. The molecule has 1 N–H and O–H groups in total. The Bertz CT molecular complexity index is 278. The maximum atomic E-state index is 11.8. The Kier molecular flexibility index (Phi) is 3.99. The second kappa shape index (κ2) is 5.04. The summed E-state index contributed by atoms with van der Waals surface area (Å²) in [6.07, 6.45) is 0. The lowest BCUT2D eigenvalue weighted by atomic mass is 10.2. The molecule has 0 fully saturated rings. The second-order valence-corrected chi connectivity index (χ2v) is 2.87. The third-order valence-electron chi connectivity index (χ3n) is 1.51. The molecule has 13 heavy (non-hydrogen) atoms. The fourth-order valence-electron chi connectivity index (χ4n) is 0.905. The minimum atomic E-state index is -0.556. The highest BCUT2D eigenvalue weighted by molar-refractivity contribution is 6.32. The van der Waals surface area contributed by atoms with E-state index in [0.29, 0.717) is 16.3 Å². The third kappa shape index (κ3) is 2.86. The topological polar surface area (TPSA) is 29.5 Å². The summed E-state index contributed by atoms with van der Waals surface area (Å²) in [6.45, 7) is -0.655. The summed E-state index contributed by atoms with van der Waals surface area (Å²) >= 11 is 5.76. The highest BCUT2D eigenvalue weighted by Crippen LogP contribution is 2.25. The summed E-state index contributed by atoms with van der Waals surface area (Å²) in [5.41, 5.74) is 0.693. The van der Waals surface area contributed by atoms with E-state index < -0.39 is 6.67 Å². The maximum Gasteiger partial charge on any atom is 0.138 e. The normalized spacial score (nSPS) is 10.1. The zero-order valence-electron chi connectivity index (χ0n) is 6.96. The van der Waals surface area contributed by atoms with Crippen LogP contribution in [0.5, 0.6) is 5.75 Å². The Labute approximate surface area is 80.9 Å². The van der Waals surface area contributed by atoms with Gasteiger partial charge in [0.15, 0.2) is 0 Å². The molecule has 0 aliphatic rings. The molecule has 72 valence electrons. The second-order valence-electron chi connectivity index (χ2n) is 2.46. The summed E-state index contributed by atoms with van der Waals surface area (Å²) in [7, 11) is 0. The number of halogens is 2. The lowest BCUT2D eigenvalue weighted by Gasteiger charge is -2.06. The Balaban J connectivity index is 2.78. The van der Waals surface area contributed by atoms with Crippen molar-refractivity contribution in [3.63, 3.8) is 0 Å². The maximum absolute atomic E-state index is 11.8. The van der Waals surface area contributed by atoms with E-state index >= 15 is 0 Å². The molecule has 0 bridgehead atoms. The van der Waals surface area contributed by atoms with Crippen LogP contribution in [-0.2, 0) is 6.61 Å². The molecular formula is C9H10ClFO2. The van der Waals surface area contributed by atoms with Gasteiger partial charge in [0.2, 0.25) is 0 Å². The summed E-state index contributed by atoms with van der Waals surface area (Å²) < 4.78 is 16.8. The van der Waals surface area contributed by atoms with Gasteiger partial charge in [0, 0.05) is 0 Å². The number of rotatable bonds is 4. The van der Waals surface area contributed by atoms with Crippen molar-refractivity contribution in [3.05, 3.63) is 28.8 Å². The molecule has 4 heteroatoms. The van der Waals surface area contributed by atoms with Crippen LogP contribution in [0.1, 0.15) is 5.56 Å². The van der Waals surface area contributed by atoms with Gasteiger partial charge < -0.3 is 9.84 Å². The van der Waals surface area contributed by atoms with E-state index in [9.17, 15) is 4.39 Å². The third-order valence-corrected chi connectivity index (χ3v) is 1.83. The van der Waals surface area contributed by atoms with Crippen LogP contribution in [0, 0.1) is 0 Å². The molecule has 1 aromatic rings. The Morgan fingerprint density at radius 2 is 2.23 bits per heavy atom. The molecule has 1 rings (SSSR count). The minimum Gasteiger partial charge on any atom is -0.489 e. The van der Waals surface area contributed by atoms with Crippen molar-refractivity contribution in [1.29, 1.82) is 0 Å². The van der Waals surface area contributed by atoms with Crippen LogP contribution in [0.2, 0.25) is 5.02 Å². The highest BCUT2D eigenvalue weighted by atomic mass is 35.5. The van der Waals surface area contributed by atoms with Crippen molar-refractivity contribution in [2.75, 3.05) is 13.3 Å². The van der Waals surface area contributed by atoms with Gasteiger partial charge in [-0.25, -0.2) is 4.39 Å². The van der Waals surface area contributed by atoms with Crippen LogP contribution in [0.15, 0.2) is 18.2 Å². The first-order valence-corrected chi connectivity index (χ1v) is 4.23. The summed E-state index contributed by atoms with van der Waals surface area (Å²) in [5, 5.41) is 9.23. The Morgan fingerprint density at radius 1 is 1.46 bits per heavy atom. The summed E-state index contributed by atoms with van der Waals surface area (Å²) in [5.74, 6) is 0.408. The molecule has 0 atom stereocenters. The predicted octanol–water partition coefficient (Wildman–Crippen LogP) is 2.18. The van der Waals surface area contributed by atoms with Gasteiger partial charge in [-0.2, -0.15) is 0 Å². The van der Waals surface area contributed by atoms with E-state index in [2.05, 4.69) is 0 Å². The molecule has 0 saturated heterocycles.